The molecule has 0 bridgehead atoms. The van der Waals surface area contributed by atoms with Crippen molar-refractivity contribution in [1.82, 2.24) is 15.5 Å². The van der Waals surface area contributed by atoms with E-state index in [1.165, 1.54) is 9.90 Å². The van der Waals surface area contributed by atoms with Crippen LogP contribution < -0.4 is 15.5 Å². The smallest absolute Gasteiger partial charge is 0.243 e. The van der Waals surface area contributed by atoms with E-state index in [2.05, 4.69) is 62.3 Å². The summed E-state index contributed by atoms with van der Waals surface area (Å²) in [4.78, 5) is 21.8. The molecule has 2 aromatic rings. The van der Waals surface area contributed by atoms with Gasteiger partial charge in [-0.1, -0.05) is 18.2 Å². The van der Waals surface area contributed by atoms with Crippen LogP contribution in [-0.2, 0) is 4.79 Å². The van der Waals surface area contributed by atoms with Gasteiger partial charge in [0.05, 0.1) is 5.00 Å². The third-order valence-corrected chi connectivity index (χ3v) is 6.87. The molecule has 9 heteroatoms. The molecule has 1 saturated heterocycles. The average Bonchev–Trinajstić information content (AvgIpc) is 3.30. The molecular weight excluding hydrogens is 541 g/mol. The van der Waals surface area contributed by atoms with Crippen molar-refractivity contribution in [3.05, 3.63) is 47.8 Å². The standard InChI is InChI=1S/C22H31N5OS2.HI/c1-26(2)20(28)17-24-22(23-12-16-29-19-7-4-3-5-8-19)25-18-10-13-27(14-11-18)21-9-6-15-30-21;/h3-9,15,18H,10-14,16-17H2,1-2H3,(H2,23,24,25);1H. The summed E-state index contributed by atoms with van der Waals surface area (Å²) < 4.78 is 0. The van der Waals surface area contributed by atoms with Gasteiger partial charge in [-0.15, -0.1) is 47.1 Å². The molecule has 0 spiro atoms. The number of carbonyl (C=O) groups is 1. The van der Waals surface area contributed by atoms with Crippen LogP contribution in [0.3, 0.4) is 0 Å². The average molecular weight is 574 g/mol. The van der Waals surface area contributed by atoms with Gasteiger partial charge in [-0.3, -0.25) is 4.79 Å². The minimum absolute atomic E-state index is 0. The highest BCUT2D eigenvalue weighted by molar-refractivity contribution is 14.0. The maximum Gasteiger partial charge on any atom is 0.243 e. The summed E-state index contributed by atoms with van der Waals surface area (Å²) in [6, 6.07) is 15.0. The lowest BCUT2D eigenvalue weighted by atomic mass is 10.1. The number of amides is 1. The minimum Gasteiger partial charge on any atom is -0.363 e. The molecule has 1 aromatic heterocycles. The highest BCUT2D eigenvalue weighted by Gasteiger charge is 2.21. The molecule has 6 nitrogen and oxygen atoms in total. The van der Waals surface area contributed by atoms with Crippen LogP contribution in [0.1, 0.15) is 12.8 Å². The van der Waals surface area contributed by atoms with Gasteiger partial charge in [0.25, 0.3) is 0 Å². The molecular formula is C22H32IN5OS2. The number of hydrogen-bond acceptors (Lipinski definition) is 5. The number of guanidine groups is 1. The molecule has 1 aliphatic heterocycles. The second-order valence-electron chi connectivity index (χ2n) is 7.40. The van der Waals surface area contributed by atoms with E-state index in [0.717, 1.165) is 44.2 Å². The van der Waals surface area contributed by atoms with E-state index in [9.17, 15) is 4.79 Å². The first kappa shape index (κ1) is 25.8. The Balaban J connectivity index is 0.00000341. The lowest BCUT2D eigenvalue weighted by Crippen LogP contribution is -2.49. The van der Waals surface area contributed by atoms with Crippen LogP contribution >= 0.6 is 47.1 Å². The number of rotatable bonds is 8. The van der Waals surface area contributed by atoms with Crippen LogP contribution in [0.15, 0.2) is 57.7 Å². The highest BCUT2D eigenvalue weighted by Crippen LogP contribution is 2.24. The van der Waals surface area contributed by atoms with Crippen molar-refractivity contribution in [3.8, 4) is 0 Å². The van der Waals surface area contributed by atoms with Crippen LogP contribution in [0.2, 0.25) is 0 Å². The third kappa shape index (κ3) is 8.89. The molecule has 0 radical (unpaired) electrons. The van der Waals surface area contributed by atoms with Crippen molar-refractivity contribution in [1.29, 1.82) is 0 Å². The summed E-state index contributed by atoms with van der Waals surface area (Å²) in [5, 5.41) is 10.4. The van der Waals surface area contributed by atoms with E-state index in [1.807, 2.05) is 17.8 Å². The SMILES string of the molecule is CN(C)C(=O)CN=C(NCCSc1ccccc1)NC1CCN(c2cccs2)CC1.I. The van der Waals surface area contributed by atoms with E-state index < -0.39 is 0 Å². The first-order valence-corrected chi connectivity index (χ1v) is 12.2. The summed E-state index contributed by atoms with van der Waals surface area (Å²) in [6.07, 6.45) is 2.11. The summed E-state index contributed by atoms with van der Waals surface area (Å²) in [5.41, 5.74) is 0. The van der Waals surface area contributed by atoms with E-state index in [-0.39, 0.29) is 36.4 Å². The molecule has 31 heavy (non-hydrogen) atoms. The minimum atomic E-state index is 0. The first-order chi connectivity index (χ1) is 14.6. The molecule has 0 atom stereocenters. The molecule has 0 unspecified atom stereocenters. The van der Waals surface area contributed by atoms with Crippen molar-refractivity contribution in [2.75, 3.05) is 50.9 Å². The number of piperidine rings is 1. The van der Waals surface area contributed by atoms with Gasteiger partial charge < -0.3 is 20.4 Å². The zero-order valence-corrected chi connectivity index (χ0v) is 22.1. The summed E-state index contributed by atoms with van der Waals surface area (Å²) in [6.45, 7) is 3.01. The Morgan fingerprint density at radius 1 is 1.19 bits per heavy atom. The number of thiophene rings is 1. The third-order valence-electron chi connectivity index (χ3n) is 4.93. The lowest BCUT2D eigenvalue weighted by molar-refractivity contribution is -0.127. The van der Waals surface area contributed by atoms with E-state index in [1.54, 1.807) is 30.3 Å². The molecule has 0 aliphatic carbocycles. The second kappa shape index (κ2) is 13.8. The number of benzene rings is 1. The summed E-state index contributed by atoms with van der Waals surface area (Å²) >= 11 is 3.61. The van der Waals surface area contributed by atoms with E-state index in [0.29, 0.717) is 6.04 Å². The molecule has 1 amide bonds. The zero-order valence-electron chi connectivity index (χ0n) is 18.1. The summed E-state index contributed by atoms with van der Waals surface area (Å²) in [7, 11) is 3.52. The predicted octanol–water partition coefficient (Wildman–Crippen LogP) is 3.75. The Kier molecular flexibility index (Phi) is 11.5. The van der Waals surface area contributed by atoms with Gasteiger partial charge in [0.15, 0.2) is 5.96 Å². The van der Waals surface area contributed by atoms with Crippen molar-refractivity contribution in [2.24, 2.45) is 4.99 Å². The maximum atomic E-state index is 12.0. The second-order valence-corrected chi connectivity index (χ2v) is 9.49. The molecule has 3 rings (SSSR count). The number of halogens is 1. The van der Waals surface area contributed by atoms with Crippen LogP contribution in [0.5, 0.6) is 0 Å². The highest BCUT2D eigenvalue weighted by atomic mass is 127. The molecule has 2 N–H and O–H groups in total. The van der Waals surface area contributed by atoms with E-state index in [4.69, 9.17) is 0 Å². The van der Waals surface area contributed by atoms with Gasteiger partial charge in [-0.25, -0.2) is 4.99 Å². The quantitative estimate of drug-likeness (QED) is 0.166. The molecule has 2 heterocycles. The van der Waals surface area contributed by atoms with Crippen LogP contribution in [-0.4, -0.2) is 68.8 Å². The lowest BCUT2D eigenvalue weighted by Gasteiger charge is -2.33. The maximum absolute atomic E-state index is 12.0. The Labute approximate surface area is 210 Å². The van der Waals surface area contributed by atoms with Gasteiger partial charge >= 0.3 is 0 Å². The van der Waals surface area contributed by atoms with Gasteiger partial charge in [0, 0.05) is 50.4 Å². The fourth-order valence-corrected chi connectivity index (χ4v) is 4.76. The van der Waals surface area contributed by atoms with Gasteiger partial charge in [0.1, 0.15) is 6.54 Å². The number of carbonyl (C=O) groups excluding carboxylic acids is 1. The number of nitrogens with one attached hydrogen (secondary N) is 2. The Morgan fingerprint density at radius 2 is 1.94 bits per heavy atom. The van der Waals surface area contributed by atoms with Gasteiger partial charge in [0.2, 0.25) is 5.91 Å². The topological polar surface area (TPSA) is 60.0 Å². The van der Waals surface area contributed by atoms with E-state index >= 15 is 0 Å². The molecule has 1 aliphatic rings. The normalized spacial score (nSPS) is 14.6. The molecule has 1 fully saturated rings. The number of hydrogen-bond donors (Lipinski definition) is 2. The van der Waals surface area contributed by atoms with Gasteiger partial charge in [-0.05, 0) is 42.5 Å². The Morgan fingerprint density at radius 3 is 2.58 bits per heavy atom. The van der Waals surface area contributed by atoms with Crippen LogP contribution in [0.25, 0.3) is 0 Å². The van der Waals surface area contributed by atoms with Crippen molar-refractivity contribution < 1.29 is 4.79 Å². The number of likely N-dealkylation sites (N-methyl/N-ethyl adjacent to an activating group) is 1. The monoisotopic (exact) mass is 573 g/mol. The molecule has 1 aromatic carbocycles. The summed E-state index contributed by atoms with van der Waals surface area (Å²) in [5.74, 6) is 1.67. The fourth-order valence-electron chi connectivity index (χ4n) is 3.18. The largest absolute Gasteiger partial charge is 0.363 e. The first-order valence-electron chi connectivity index (χ1n) is 10.3. The van der Waals surface area contributed by atoms with Crippen LogP contribution in [0.4, 0.5) is 5.00 Å². The Hall–Kier alpha value is -1.46. The number of anilines is 1. The zero-order chi connectivity index (χ0) is 21.2. The van der Waals surface area contributed by atoms with Crippen molar-refractivity contribution in [3.63, 3.8) is 0 Å². The number of nitrogens with zero attached hydrogens (tertiary/aromatic N) is 3. The molecule has 170 valence electrons. The van der Waals surface area contributed by atoms with Crippen LogP contribution in [0, 0.1) is 0 Å². The van der Waals surface area contributed by atoms with Crippen molar-refractivity contribution >= 4 is 63.9 Å². The van der Waals surface area contributed by atoms with Gasteiger partial charge in [-0.2, -0.15) is 0 Å². The molecule has 0 saturated carbocycles. The Bertz CT molecular complexity index is 793. The number of aliphatic imine (C=N–C) groups is 1. The van der Waals surface area contributed by atoms with Crippen molar-refractivity contribution in [2.45, 2.75) is 23.8 Å². The predicted molar refractivity (Wildman–Crippen MR) is 144 cm³/mol. The fraction of sp³-hybridized carbons (Fsp3) is 0.455. The number of thioether (sulfide) groups is 1.